The van der Waals surface area contributed by atoms with Crippen molar-refractivity contribution in [2.24, 2.45) is 0 Å². The van der Waals surface area contributed by atoms with Gasteiger partial charge in [-0.1, -0.05) is 72.8 Å². The maximum Gasteiger partial charge on any atom is 0.0812 e. The molecule has 0 amide bonds. The average Bonchev–Trinajstić information content (AvgIpc) is 3.27. The molecule has 29 heavy (non-hydrogen) atoms. The largest absolute Gasteiger partial charge is 0.245 e. The first kappa shape index (κ1) is 16.5. The summed E-state index contributed by atoms with van der Waals surface area (Å²) in [4.78, 5) is 4.39. The zero-order valence-electron chi connectivity index (χ0n) is 15.7. The van der Waals surface area contributed by atoms with Crippen LogP contribution < -0.4 is 0 Å². The van der Waals surface area contributed by atoms with Gasteiger partial charge in [-0.05, 0) is 68.1 Å². The monoisotopic (exact) mass is 387 g/mol. The van der Waals surface area contributed by atoms with Gasteiger partial charge in [0, 0.05) is 0 Å². The fourth-order valence-corrected chi connectivity index (χ4v) is 4.81. The molecule has 0 fully saturated rings. The topological polar surface area (TPSA) is 12.9 Å². The predicted molar refractivity (Wildman–Crippen MR) is 126 cm³/mol. The Morgan fingerprint density at radius 2 is 1.14 bits per heavy atom. The quantitative estimate of drug-likeness (QED) is 0.275. The number of nitrogens with zero attached hydrogens (tertiary/aromatic N) is 1. The van der Waals surface area contributed by atoms with E-state index in [4.69, 9.17) is 0 Å². The Bertz CT molecular complexity index is 1500. The second-order valence-electron chi connectivity index (χ2n) is 7.34. The molecule has 1 heterocycles. The van der Waals surface area contributed by atoms with Crippen LogP contribution in [0.25, 0.3) is 54.0 Å². The second kappa shape index (κ2) is 6.54. The highest BCUT2D eigenvalue weighted by Crippen LogP contribution is 2.33. The first-order valence-corrected chi connectivity index (χ1v) is 10.6. The van der Waals surface area contributed by atoms with E-state index in [9.17, 15) is 0 Å². The van der Waals surface area contributed by atoms with Crippen LogP contribution in [0, 0.1) is 0 Å². The Labute approximate surface area is 172 Å². The molecule has 136 valence electrons. The van der Waals surface area contributed by atoms with E-state index in [-0.39, 0.29) is 0 Å². The number of benzene rings is 5. The summed E-state index contributed by atoms with van der Waals surface area (Å²) in [6, 6.07) is 35.1. The molecule has 1 nitrogen and oxygen atoms in total. The molecule has 6 rings (SSSR count). The van der Waals surface area contributed by atoms with Crippen LogP contribution in [0.4, 0.5) is 0 Å². The van der Waals surface area contributed by atoms with Gasteiger partial charge in [0.05, 0.1) is 15.7 Å². The first-order chi connectivity index (χ1) is 14.3. The number of hydrogen-bond donors (Lipinski definition) is 0. The van der Waals surface area contributed by atoms with Gasteiger partial charge in [-0.25, -0.2) is 4.98 Å². The lowest BCUT2D eigenvalue weighted by Gasteiger charge is -2.09. The molecule has 5 aromatic carbocycles. The van der Waals surface area contributed by atoms with Crippen molar-refractivity contribution in [3.63, 3.8) is 0 Å². The lowest BCUT2D eigenvalue weighted by Crippen LogP contribution is -1.83. The molecular weight excluding hydrogens is 370 g/mol. The molecule has 0 saturated heterocycles. The van der Waals surface area contributed by atoms with Gasteiger partial charge in [-0.15, -0.1) is 11.3 Å². The molecule has 6 aromatic rings. The highest BCUT2D eigenvalue weighted by Gasteiger charge is 2.06. The van der Waals surface area contributed by atoms with Gasteiger partial charge in [0.2, 0.25) is 0 Å². The fraction of sp³-hybridized carbons (Fsp3) is 0. The third-order valence-electron chi connectivity index (χ3n) is 5.61. The normalized spacial score (nSPS) is 11.4. The molecule has 2 heteroatoms. The minimum atomic E-state index is 1.07. The third-order valence-corrected chi connectivity index (χ3v) is 6.40. The van der Waals surface area contributed by atoms with Gasteiger partial charge >= 0.3 is 0 Å². The van der Waals surface area contributed by atoms with Gasteiger partial charge in [-0.3, -0.25) is 0 Å². The number of thiazole rings is 1. The van der Waals surface area contributed by atoms with E-state index in [0.717, 1.165) is 5.52 Å². The third kappa shape index (κ3) is 2.81. The van der Waals surface area contributed by atoms with Crippen molar-refractivity contribution in [3.8, 4) is 22.3 Å². The number of hydrogen-bond acceptors (Lipinski definition) is 2. The molecule has 0 spiro atoms. The number of rotatable bonds is 2. The van der Waals surface area contributed by atoms with Crippen molar-refractivity contribution < 1.29 is 0 Å². The summed E-state index contributed by atoms with van der Waals surface area (Å²) >= 11 is 1.69. The van der Waals surface area contributed by atoms with Crippen LogP contribution in [0.15, 0.2) is 103 Å². The van der Waals surface area contributed by atoms with Crippen LogP contribution in [0.5, 0.6) is 0 Å². The zero-order chi connectivity index (χ0) is 19.2. The van der Waals surface area contributed by atoms with E-state index in [1.54, 1.807) is 11.3 Å². The Balaban J connectivity index is 1.48. The van der Waals surface area contributed by atoms with E-state index in [1.807, 2.05) is 5.51 Å². The van der Waals surface area contributed by atoms with Crippen LogP contribution in [0.2, 0.25) is 0 Å². The molecule has 0 unspecified atom stereocenters. The average molecular weight is 388 g/mol. The summed E-state index contributed by atoms with van der Waals surface area (Å²) < 4.78 is 1.23. The number of fused-ring (bicyclic) bond motifs is 4. The highest BCUT2D eigenvalue weighted by molar-refractivity contribution is 7.16. The van der Waals surface area contributed by atoms with Gasteiger partial charge in [0.25, 0.3) is 0 Å². The summed E-state index contributed by atoms with van der Waals surface area (Å²) in [6.07, 6.45) is 0. The van der Waals surface area contributed by atoms with Crippen molar-refractivity contribution in [2.45, 2.75) is 0 Å². The molecule has 0 bridgehead atoms. The highest BCUT2D eigenvalue weighted by atomic mass is 32.1. The maximum absolute atomic E-state index is 4.39. The molecule has 0 aliphatic rings. The molecule has 0 radical (unpaired) electrons. The van der Waals surface area contributed by atoms with Gasteiger partial charge in [-0.2, -0.15) is 0 Å². The zero-order valence-corrected chi connectivity index (χ0v) is 16.5. The molecule has 1 aromatic heterocycles. The summed E-state index contributed by atoms with van der Waals surface area (Å²) in [7, 11) is 0. The smallest absolute Gasteiger partial charge is 0.0812 e. The lowest BCUT2D eigenvalue weighted by atomic mass is 9.95. The summed E-state index contributed by atoms with van der Waals surface area (Å²) in [5.41, 5.74) is 7.97. The Hall–Kier alpha value is -3.49. The van der Waals surface area contributed by atoms with E-state index in [2.05, 4.69) is 102 Å². The summed E-state index contributed by atoms with van der Waals surface area (Å²) in [5, 5.41) is 5.14. The van der Waals surface area contributed by atoms with E-state index >= 15 is 0 Å². The Kier molecular flexibility index (Phi) is 3.71. The van der Waals surface area contributed by atoms with E-state index in [0.29, 0.717) is 0 Å². The maximum atomic E-state index is 4.39. The van der Waals surface area contributed by atoms with Crippen molar-refractivity contribution in [3.05, 3.63) is 103 Å². The SMILES string of the molecule is c1ccc(-c2ccc3c(ccc4cc(-c5ccc6ncsc6c5)ccc43)c2)cc1. The molecule has 0 aliphatic heterocycles. The van der Waals surface area contributed by atoms with E-state index in [1.165, 1.54) is 48.5 Å². The van der Waals surface area contributed by atoms with Gasteiger partial charge < -0.3 is 0 Å². The standard InChI is InChI=1S/C27H17NS/c1-2-4-18(5-3-1)19-8-11-24-22(14-19)6-7-23-15-20(9-12-25(23)24)21-10-13-26-27(16-21)29-17-28-26/h1-17H. The summed E-state index contributed by atoms with van der Waals surface area (Å²) in [6.45, 7) is 0. The van der Waals surface area contributed by atoms with Crippen molar-refractivity contribution in [2.75, 3.05) is 0 Å². The minimum absolute atomic E-state index is 1.07. The second-order valence-corrected chi connectivity index (χ2v) is 8.22. The lowest BCUT2D eigenvalue weighted by molar-refractivity contribution is 1.50. The van der Waals surface area contributed by atoms with Crippen molar-refractivity contribution >= 4 is 43.1 Å². The van der Waals surface area contributed by atoms with E-state index < -0.39 is 0 Å². The van der Waals surface area contributed by atoms with Crippen LogP contribution in [-0.2, 0) is 0 Å². The molecule has 0 saturated carbocycles. The molecule has 0 atom stereocenters. The van der Waals surface area contributed by atoms with Crippen molar-refractivity contribution in [1.29, 1.82) is 0 Å². The number of aromatic nitrogens is 1. The van der Waals surface area contributed by atoms with Gasteiger partial charge in [0.1, 0.15) is 0 Å². The van der Waals surface area contributed by atoms with Crippen LogP contribution in [0.3, 0.4) is 0 Å². The first-order valence-electron chi connectivity index (χ1n) is 9.71. The van der Waals surface area contributed by atoms with Crippen molar-refractivity contribution in [1.82, 2.24) is 4.98 Å². The molecule has 0 N–H and O–H groups in total. The van der Waals surface area contributed by atoms with Crippen LogP contribution in [0.1, 0.15) is 0 Å². The fourth-order valence-electron chi connectivity index (χ4n) is 4.10. The predicted octanol–water partition coefficient (Wildman–Crippen LogP) is 7.94. The van der Waals surface area contributed by atoms with Crippen LogP contribution in [-0.4, -0.2) is 4.98 Å². The molecular formula is C27H17NS. The summed E-state index contributed by atoms with van der Waals surface area (Å²) in [5.74, 6) is 0. The Morgan fingerprint density at radius 3 is 1.86 bits per heavy atom. The van der Waals surface area contributed by atoms with Gasteiger partial charge in [0.15, 0.2) is 0 Å². The van der Waals surface area contributed by atoms with Crippen LogP contribution >= 0.6 is 11.3 Å². The minimum Gasteiger partial charge on any atom is -0.245 e. The molecule has 0 aliphatic carbocycles. The Morgan fingerprint density at radius 1 is 0.517 bits per heavy atom.